The molecule has 90 valence electrons. The molecule has 0 spiro atoms. The minimum Gasteiger partial charge on any atom is -0.467 e. The summed E-state index contributed by atoms with van der Waals surface area (Å²) in [5.41, 5.74) is 1.67. The van der Waals surface area contributed by atoms with Crippen LogP contribution >= 0.6 is 0 Å². The molecule has 5 heteroatoms. The summed E-state index contributed by atoms with van der Waals surface area (Å²) in [6.45, 7) is 0. The molecule has 1 aromatic heterocycles. The van der Waals surface area contributed by atoms with E-state index in [0.29, 0.717) is 0 Å². The van der Waals surface area contributed by atoms with E-state index in [1.54, 1.807) is 11.7 Å². The van der Waals surface area contributed by atoms with Crippen LogP contribution in [0.25, 0.3) is 10.9 Å². The van der Waals surface area contributed by atoms with Crippen LogP contribution in [0, 0.1) is 0 Å². The van der Waals surface area contributed by atoms with Gasteiger partial charge in [-0.15, -0.1) is 0 Å². The first kappa shape index (κ1) is 11.6. The third kappa shape index (κ3) is 2.14. The molecule has 0 radical (unpaired) electrons. The molecule has 0 aliphatic heterocycles. The van der Waals surface area contributed by atoms with Crippen LogP contribution in [0.1, 0.15) is 5.69 Å². The number of fused-ring (bicyclic) bond motifs is 1. The van der Waals surface area contributed by atoms with E-state index in [-0.39, 0.29) is 6.42 Å². The second-order valence-electron chi connectivity index (χ2n) is 3.83. The number of aliphatic hydroxyl groups excluding tert-OH is 1. The third-order valence-electron chi connectivity index (χ3n) is 2.72. The number of hydrogen-bond acceptors (Lipinski definition) is 4. The number of hydrogen-bond donors (Lipinski definition) is 1. The number of aliphatic hydroxyl groups is 1. The molecule has 0 aliphatic rings. The molecule has 5 nitrogen and oxygen atoms in total. The van der Waals surface area contributed by atoms with Crippen LogP contribution in [0.2, 0.25) is 0 Å². The smallest absolute Gasteiger partial charge is 0.335 e. The van der Waals surface area contributed by atoms with Crippen molar-refractivity contribution in [2.45, 2.75) is 12.5 Å². The molecular weight excluding hydrogens is 220 g/mol. The molecule has 0 bridgehead atoms. The number of aryl methyl sites for hydroxylation is 1. The van der Waals surface area contributed by atoms with Crippen LogP contribution in [-0.2, 0) is 23.0 Å². The number of aromatic nitrogens is 2. The maximum Gasteiger partial charge on any atom is 0.335 e. The molecule has 1 N–H and O–H groups in total. The highest BCUT2D eigenvalue weighted by Crippen LogP contribution is 2.18. The summed E-state index contributed by atoms with van der Waals surface area (Å²) in [6, 6.07) is 7.61. The van der Waals surface area contributed by atoms with Gasteiger partial charge in [-0.1, -0.05) is 18.2 Å². The standard InChI is InChI=1S/C12H14N2O3/c1-14-10(7-11(15)12(16)17-2)8-5-3-4-6-9(8)13-14/h3-6,11,15H,7H2,1-2H3. The van der Waals surface area contributed by atoms with E-state index < -0.39 is 12.1 Å². The van der Waals surface area contributed by atoms with Gasteiger partial charge in [-0.3, -0.25) is 4.68 Å². The fraction of sp³-hybridized carbons (Fsp3) is 0.333. The van der Waals surface area contributed by atoms with Crippen molar-refractivity contribution in [2.24, 2.45) is 7.05 Å². The van der Waals surface area contributed by atoms with E-state index in [9.17, 15) is 9.90 Å². The van der Waals surface area contributed by atoms with Crippen molar-refractivity contribution in [1.29, 1.82) is 0 Å². The number of esters is 1. The first-order valence-corrected chi connectivity index (χ1v) is 5.30. The van der Waals surface area contributed by atoms with Crippen LogP contribution in [0.3, 0.4) is 0 Å². The molecule has 2 rings (SSSR count). The van der Waals surface area contributed by atoms with Crippen molar-refractivity contribution in [3.8, 4) is 0 Å². The zero-order valence-corrected chi connectivity index (χ0v) is 9.75. The predicted molar refractivity (Wildman–Crippen MR) is 62.4 cm³/mol. The van der Waals surface area contributed by atoms with Gasteiger partial charge in [0.2, 0.25) is 0 Å². The zero-order valence-electron chi connectivity index (χ0n) is 9.75. The van der Waals surface area contributed by atoms with Gasteiger partial charge >= 0.3 is 5.97 Å². The highest BCUT2D eigenvalue weighted by molar-refractivity contribution is 5.82. The van der Waals surface area contributed by atoms with E-state index in [0.717, 1.165) is 16.6 Å². The largest absolute Gasteiger partial charge is 0.467 e. The van der Waals surface area contributed by atoms with E-state index in [2.05, 4.69) is 9.84 Å². The van der Waals surface area contributed by atoms with Crippen molar-refractivity contribution in [1.82, 2.24) is 9.78 Å². The van der Waals surface area contributed by atoms with Crippen molar-refractivity contribution < 1.29 is 14.6 Å². The van der Waals surface area contributed by atoms with Gasteiger partial charge < -0.3 is 9.84 Å². The summed E-state index contributed by atoms with van der Waals surface area (Å²) in [4.78, 5) is 11.2. The van der Waals surface area contributed by atoms with Gasteiger partial charge in [0.25, 0.3) is 0 Å². The second kappa shape index (κ2) is 4.55. The molecule has 0 amide bonds. The Morgan fingerprint density at radius 2 is 2.24 bits per heavy atom. The van der Waals surface area contributed by atoms with Crippen LogP contribution in [-0.4, -0.2) is 34.1 Å². The molecule has 1 unspecified atom stereocenters. The lowest BCUT2D eigenvalue weighted by molar-refractivity contribution is -0.150. The summed E-state index contributed by atoms with van der Waals surface area (Å²) < 4.78 is 6.17. The Morgan fingerprint density at radius 3 is 2.94 bits per heavy atom. The van der Waals surface area contributed by atoms with E-state index >= 15 is 0 Å². The summed E-state index contributed by atoms with van der Waals surface area (Å²) in [5.74, 6) is -0.629. The third-order valence-corrected chi connectivity index (χ3v) is 2.72. The lowest BCUT2D eigenvalue weighted by atomic mass is 10.1. The Morgan fingerprint density at radius 1 is 1.53 bits per heavy atom. The van der Waals surface area contributed by atoms with Gasteiger partial charge in [0.1, 0.15) is 0 Å². The normalized spacial score (nSPS) is 12.6. The van der Waals surface area contributed by atoms with Crippen molar-refractivity contribution in [3.63, 3.8) is 0 Å². The Kier molecular flexibility index (Phi) is 3.10. The molecule has 2 aromatic rings. The minimum absolute atomic E-state index is 0.198. The number of nitrogens with zero attached hydrogens (tertiary/aromatic N) is 2. The Bertz CT molecular complexity index is 548. The molecule has 17 heavy (non-hydrogen) atoms. The summed E-state index contributed by atoms with van der Waals surface area (Å²) >= 11 is 0. The van der Waals surface area contributed by atoms with Crippen LogP contribution in [0.15, 0.2) is 24.3 Å². The van der Waals surface area contributed by atoms with E-state index in [1.165, 1.54) is 7.11 Å². The molecule has 0 aliphatic carbocycles. The fourth-order valence-electron chi connectivity index (χ4n) is 1.85. The number of benzene rings is 1. The summed E-state index contributed by atoms with van der Waals surface area (Å²) in [6.07, 6.45) is -0.956. The van der Waals surface area contributed by atoms with Crippen LogP contribution in [0.4, 0.5) is 0 Å². The number of ether oxygens (including phenoxy) is 1. The van der Waals surface area contributed by atoms with Gasteiger partial charge in [0.05, 0.1) is 12.6 Å². The molecule has 1 aromatic carbocycles. The summed E-state index contributed by atoms with van der Waals surface area (Å²) in [7, 11) is 3.05. The average molecular weight is 234 g/mol. The van der Waals surface area contributed by atoms with Gasteiger partial charge in [-0.2, -0.15) is 5.10 Å². The summed E-state index contributed by atoms with van der Waals surface area (Å²) in [5, 5.41) is 14.9. The van der Waals surface area contributed by atoms with Gasteiger partial charge in [0.15, 0.2) is 6.10 Å². The minimum atomic E-state index is -1.15. The zero-order chi connectivity index (χ0) is 12.4. The number of rotatable bonds is 3. The maximum absolute atomic E-state index is 11.2. The Balaban J connectivity index is 2.35. The lowest BCUT2D eigenvalue weighted by Crippen LogP contribution is -2.25. The molecule has 1 atom stereocenters. The highest BCUT2D eigenvalue weighted by atomic mass is 16.5. The fourth-order valence-corrected chi connectivity index (χ4v) is 1.85. The van der Waals surface area contributed by atoms with Crippen molar-refractivity contribution in [3.05, 3.63) is 30.0 Å². The first-order valence-electron chi connectivity index (χ1n) is 5.30. The number of carbonyl (C=O) groups is 1. The van der Waals surface area contributed by atoms with Gasteiger partial charge in [0, 0.05) is 24.5 Å². The number of carbonyl (C=O) groups excluding carboxylic acids is 1. The molecular formula is C12H14N2O3. The molecule has 0 saturated carbocycles. The first-order chi connectivity index (χ1) is 8.13. The predicted octanol–water partition coefficient (Wildman–Crippen LogP) is 0.650. The molecule has 0 fully saturated rings. The maximum atomic E-state index is 11.2. The van der Waals surface area contributed by atoms with Crippen molar-refractivity contribution in [2.75, 3.05) is 7.11 Å². The Hall–Kier alpha value is -1.88. The molecule has 0 saturated heterocycles. The van der Waals surface area contributed by atoms with E-state index in [1.807, 2.05) is 24.3 Å². The SMILES string of the molecule is COC(=O)C(O)Cc1c2ccccc2nn1C. The topological polar surface area (TPSA) is 64.3 Å². The second-order valence-corrected chi connectivity index (χ2v) is 3.83. The monoisotopic (exact) mass is 234 g/mol. The lowest BCUT2D eigenvalue weighted by Gasteiger charge is -2.08. The van der Waals surface area contributed by atoms with Gasteiger partial charge in [-0.25, -0.2) is 4.79 Å². The van der Waals surface area contributed by atoms with Crippen LogP contribution < -0.4 is 0 Å². The Labute approximate surface area is 98.6 Å². The highest BCUT2D eigenvalue weighted by Gasteiger charge is 2.19. The van der Waals surface area contributed by atoms with Crippen LogP contribution in [0.5, 0.6) is 0 Å². The quantitative estimate of drug-likeness (QED) is 0.792. The average Bonchev–Trinajstić information content (AvgIpc) is 2.65. The van der Waals surface area contributed by atoms with E-state index in [4.69, 9.17) is 0 Å². The molecule has 1 heterocycles. The number of methoxy groups -OCH3 is 1. The van der Waals surface area contributed by atoms with Gasteiger partial charge in [-0.05, 0) is 6.07 Å². The van der Waals surface area contributed by atoms with Crippen molar-refractivity contribution >= 4 is 16.9 Å².